The normalized spacial score (nSPS) is 11.1. The van der Waals surface area contributed by atoms with Crippen LogP contribution in [0.1, 0.15) is 0 Å². The molecule has 0 saturated heterocycles. The van der Waals surface area contributed by atoms with Crippen molar-refractivity contribution in [2.45, 2.75) is 0 Å². The van der Waals surface area contributed by atoms with Gasteiger partial charge >= 0.3 is 0 Å². The Morgan fingerprint density at radius 3 is 2.78 bits per heavy atom. The fourth-order valence-electron chi connectivity index (χ4n) is 1.73. The zero-order chi connectivity index (χ0) is 12.7. The van der Waals surface area contributed by atoms with Crippen LogP contribution in [0.25, 0.3) is 22.7 Å². The first kappa shape index (κ1) is 11.8. The van der Waals surface area contributed by atoms with Crippen molar-refractivity contribution < 1.29 is 0 Å². The summed E-state index contributed by atoms with van der Waals surface area (Å²) >= 11 is 8.11. The zero-order valence-corrected chi connectivity index (χ0v) is 12.2. The molecule has 0 fully saturated rings. The second-order valence-corrected chi connectivity index (χ2v) is 4.99. The number of aryl methyl sites for hydroxylation is 1. The van der Waals surface area contributed by atoms with Gasteiger partial charge in [0.1, 0.15) is 11.2 Å². The average Bonchev–Trinajstić information content (AvgIpc) is 2.69. The lowest BCUT2D eigenvalue weighted by Crippen LogP contribution is -1.96. The smallest absolute Gasteiger partial charge is 0.194 e. The van der Waals surface area contributed by atoms with Gasteiger partial charge in [-0.2, -0.15) is 0 Å². The molecule has 0 N–H and O–H groups in total. The number of imidazole rings is 1. The van der Waals surface area contributed by atoms with E-state index in [2.05, 4.69) is 19.9 Å². The van der Waals surface area contributed by atoms with E-state index in [1.54, 1.807) is 6.20 Å². The second kappa shape index (κ2) is 4.43. The van der Waals surface area contributed by atoms with Crippen LogP contribution >= 0.6 is 34.2 Å². The second-order valence-electron chi connectivity index (χ2n) is 3.67. The SMILES string of the molecule is Cn1c(-c2ccccn2)nc2c(Cl)nc(I)nc21. The summed E-state index contributed by atoms with van der Waals surface area (Å²) in [6.45, 7) is 0. The summed E-state index contributed by atoms with van der Waals surface area (Å²) in [5.41, 5.74) is 2.09. The molecule has 0 aliphatic rings. The quantitative estimate of drug-likeness (QED) is 0.375. The molecule has 0 unspecified atom stereocenters. The van der Waals surface area contributed by atoms with Crippen molar-refractivity contribution in [2.24, 2.45) is 7.05 Å². The molecule has 3 rings (SSSR count). The first-order valence-electron chi connectivity index (χ1n) is 5.13. The third kappa shape index (κ3) is 1.85. The number of hydrogen-bond donors (Lipinski definition) is 0. The van der Waals surface area contributed by atoms with Crippen molar-refractivity contribution in [3.8, 4) is 11.5 Å². The highest BCUT2D eigenvalue weighted by atomic mass is 127. The monoisotopic (exact) mass is 371 g/mol. The Morgan fingerprint density at radius 2 is 2.06 bits per heavy atom. The molecule has 0 radical (unpaired) electrons. The van der Waals surface area contributed by atoms with E-state index in [1.807, 2.05) is 52.4 Å². The minimum absolute atomic E-state index is 0.363. The zero-order valence-electron chi connectivity index (χ0n) is 9.30. The summed E-state index contributed by atoms with van der Waals surface area (Å²) in [5.74, 6) is 0.726. The number of aromatic nitrogens is 5. The molecule has 0 saturated carbocycles. The van der Waals surface area contributed by atoms with Crippen LogP contribution in [0.4, 0.5) is 0 Å². The summed E-state index contributed by atoms with van der Waals surface area (Å²) in [4.78, 5) is 17.2. The summed E-state index contributed by atoms with van der Waals surface area (Å²) < 4.78 is 2.47. The Balaban J connectivity index is 2.33. The topological polar surface area (TPSA) is 56.5 Å². The summed E-state index contributed by atoms with van der Waals surface area (Å²) in [6, 6.07) is 5.67. The Morgan fingerprint density at radius 1 is 1.22 bits per heavy atom. The van der Waals surface area contributed by atoms with E-state index in [-0.39, 0.29) is 0 Å². The first-order chi connectivity index (χ1) is 8.66. The number of hydrogen-bond acceptors (Lipinski definition) is 4. The molecule has 18 heavy (non-hydrogen) atoms. The first-order valence-corrected chi connectivity index (χ1v) is 6.59. The van der Waals surface area contributed by atoms with Gasteiger partial charge in [0.25, 0.3) is 0 Å². The number of rotatable bonds is 1. The van der Waals surface area contributed by atoms with Crippen molar-refractivity contribution in [1.29, 1.82) is 0 Å². The Hall–Kier alpha value is -1.28. The van der Waals surface area contributed by atoms with E-state index >= 15 is 0 Å². The van der Waals surface area contributed by atoms with Crippen LogP contribution in [0.15, 0.2) is 24.4 Å². The van der Waals surface area contributed by atoms with Crippen LogP contribution in [-0.4, -0.2) is 24.5 Å². The van der Waals surface area contributed by atoms with Crippen LogP contribution < -0.4 is 0 Å². The van der Waals surface area contributed by atoms with Crippen LogP contribution in [0.3, 0.4) is 0 Å². The van der Waals surface area contributed by atoms with Crippen molar-refractivity contribution in [2.75, 3.05) is 0 Å². The largest absolute Gasteiger partial charge is 0.310 e. The fourth-order valence-corrected chi connectivity index (χ4v) is 2.55. The number of fused-ring (bicyclic) bond motifs is 1. The number of pyridine rings is 1. The van der Waals surface area contributed by atoms with E-state index in [0.29, 0.717) is 20.1 Å². The maximum Gasteiger partial charge on any atom is 0.194 e. The van der Waals surface area contributed by atoms with Crippen molar-refractivity contribution >= 4 is 45.4 Å². The van der Waals surface area contributed by atoms with Gasteiger partial charge in [-0.05, 0) is 12.1 Å². The summed E-state index contributed by atoms with van der Waals surface area (Å²) in [6.07, 6.45) is 1.73. The van der Waals surface area contributed by atoms with Crippen molar-refractivity contribution in [3.63, 3.8) is 0 Å². The number of halogens is 2. The van der Waals surface area contributed by atoms with Gasteiger partial charge in [0.05, 0.1) is 0 Å². The van der Waals surface area contributed by atoms with E-state index < -0.39 is 0 Å². The van der Waals surface area contributed by atoms with Crippen LogP contribution in [0.2, 0.25) is 5.15 Å². The third-order valence-electron chi connectivity index (χ3n) is 2.54. The van der Waals surface area contributed by atoms with Crippen molar-refractivity contribution in [1.82, 2.24) is 24.5 Å². The molecule has 0 aromatic carbocycles. The minimum atomic E-state index is 0.363. The third-order valence-corrected chi connectivity index (χ3v) is 3.29. The van der Waals surface area contributed by atoms with Gasteiger partial charge in [-0.25, -0.2) is 15.0 Å². The highest BCUT2D eigenvalue weighted by Gasteiger charge is 2.15. The van der Waals surface area contributed by atoms with E-state index in [9.17, 15) is 0 Å². The molecule has 0 bridgehead atoms. The lowest BCUT2D eigenvalue weighted by molar-refractivity contribution is 0.927. The molecule has 3 aromatic rings. The molecule has 0 amide bonds. The van der Waals surface area contributed by atoms with E-state index in [1.165, 1.54) is 0 Å². The van der Waals surface area contributed by atoms with E-state index in [0.717, 1.165) is 11.5 Å². The standard InChI is InChI=1S/C11H7ClIN5/c1-18-9(6-4-2-3-5-14-6)15-7-8(12)16-11(13)17-10(7)18/h2-5H,1H3. The summed E-state index contributed by atoms with van der Waals surface area (Å²) in [5, 5.41) is 0.363. The lowest BCUT2D eigenvalue weighted by Gasteiger charge is -2.00. The molecule has 90 valence electrons. The van der Waals surface area contributed by atoms with Gasteiger partial charge in [-0.15, -0.1) is 0 Å². The molecule has 0 atom stereocenters. The Bertz CT molecular complexity index is 725. The van der Waals surface area contributed by atoms with Crippen LogP contribution in [0, 0.1) is 3.83 Å². The van der Waals surface area contributed by atoms with Gasteiger partial charge in [0.15, 0.2) is 20.5 Å². The van der Waals surface area contributed by atoms with Crippen molar-refractivity contribution in [3.05, 3.63) is 33.4 Å². The maximum atomic E-state index is 6.08. The van der Waals surface area contributed by atoms with Gasteiger partial charge in [-0.1, -0.05) is 17.7 Å². The van der Waals surface area contributed by atoms with Gasteiger partial charge < -0.3 is 4.57 Å². The minimum Gasteiger partial charge on any atom is -0.310 e. The predicted molar refractivity (Wildman–Crippen MR) is 77.3 cm³/mol. The fraction of sp³-hybridized carbons (Fsp3) is 0.0909. The molecule has 0 aliphatic heterocycles. The van der Waals surface area contributed by atoms with Gasteiger partial charge in [-0.3, -0.25) is 4.98 Å². The molecular formula is C11H7ClIN5. The molecular weight excluding hydrogens is 365 g/mol. The van der Waals surface area contributed by atoms with Gasteiger partial charge in [0, 0.05) is 35.8 Å². The Kier molecular flexibility index (Phi) is 2.90. The van der Waals surface area contributed by atoms with Crippen LogP contribution in [0.5, 0.6) is 0 Å². The molecule has 0 spiro atoms. The molecule has 0 aliphatic carbocycles. The molecule has 7 heteroatoms. The highest BCUT2D eigenvalue weighted by Crippen LogP contribution is 2.25. The molecule has 3 aromatic heterocycles. The lowest BCUT2D eigenvalue weighted by atomic mass is 10.3. The highest BCUT2D eigenvalue weighted by molar-refractivity contribution is 14.1. The molecule has 3 heterocycles. The molecule has 5 nitrogen and oxygen atoms in total. The van der Waals surface area contributed by atoms with E-state index in [4.69, 9.17) is 11.6 Å². The Labute approximate surface area is 121 Å². The maximum absolute atomic E-state index is 6.08. The van der Waals surface area contributed by atoms with Gasteiger partial charge in [0.2, 0.25) is 0 Å². The number of nitrogens with zero attached hydrogens (tertiary/aromatic N) is 5. The predicted octanol–water partition coefficient (Wildman–Crippen LogP) is 2.68. The summed E-state index contributed by atoms with van der Waals surface area (Å²) in [7, 11) is 1.89. The van der Waals surface area contributed by atoms with Crippen LogP contribution in [-0.2, 0) is 7.05 Å². The average molecular weight is 372 g/mol.